The number of carbonyl (C=O) groups excluding carboxylic acids is 1. The van der Waals surface area contributed by atoms with Crippen molar-refractivity contribution in [1.82, 2.24) is 0 Å². The van der Waals surface area contributed by atoms with E-state index in [4.69, 9.17) is 9.47 Å². The van der Waals surface area contributed by atoms with Gasteiger partial charge in [-0.15, -0.1) is 0 Å². The molecule has 0 unspecified atom stereocenters. The number of benzene rings is 1. The highest BCUT2D eigenvalue weighted by Gasteiger charge is 2.24. The van der Waals surface area contributed by atoms with Crippen LogP contribution in [-0.4, -0.2) is 18.2 Å². The molecule has 3 nitrogen and oxygen atoms in total. The van der Waals surface area contributed by atoms with Gasteiger partial charge in [0.05, 0.1) is 6.10 Å². The Morgan fingerprint density at radius 3 is 2.30 bits per heavy atom. The van der Waals surface area contributed by atoms with E-state index in [1.54, 1.807) is 6.07 Å². The Hall–Kier alpha value is -1.51. The smallest absolute Gasteiger partial charge is 0.342 e. The Labute approximate surface area is 120 Å². The van der Waals surface area contributed by atoms with Crippen LogP contribution in [0.5, 0.6) is 5.75 Å². The van der Waals surface area contributed by atoms with Crippen LogP contribution in [0.4, 0.5) is 0 Å². The molecule has 0 radical (unpaired) electrons. The van der Waals surface area contributed by atoms with Crippen LogP contribution in [0.2, 0.25) is 0 Å². The molecular weight excluding hydrogens is 252 g/mol. The zero-order chi connectivity index (χ0) is 13.8. The lowest BCUT2D eigenvalue weighted by Gasteiger charge is -2.27. The van der Waals surface area contributed by atoms with E-state index in [0.717, 1.165) is 38.5 Å². The zero-order valence-electron chi connectivity index (χ0n) is 11.8. The van der Waals surface area contributed by atoms with Gasteiger partial charge >= 0.3 is 5.97 Å². The second-order valence-corrected chi connectivity index (χ2v) is 5.83. The fraction of sp³-hybridized carbons (Fsp3) is 0.588. The van der Waals surface area contributed by atoms with E-state index < -0.39 is 0 Å². The van der Waals surface area contributed by atoms with Gasteiger partial charge in [0.2, 0.25) is 0 Å². The molecule has 0 heterocycles. The van der Waals surface area contributed by atoms with E-state index in [0.29, 0.717) is 11.3 Å². The van der Waals surface area contributed by atoms with Crippen molar-refractivity contribution in [2.75, 3.05) is 0 Å². The monoisotopic (exact) mass is 274 g/mol. The Morgan fingerprint density at radius 2 is 1.60 bits per heavy atom. The number of hydrogen-bond acceptors (Lipinski definition) is 3. The molecule has 2 fully saturated rings. The maximum Gasteiger partial charge on any atom is 0.342 e. The first-order valence-electron chi connectivity index (χ1n) is 7.79. The molecule has 1 aromatic rings. The molecule has 3 rings (SSSR count). The van der Waals surface area contributed by atoms with Gasteiger partial charge in [0.15, 0.2) is 0 Å². The summed E-state index contributed by atoms with van der Waals surface area (Å²) in [6.07, 6.45) is 9.35. The summed E-state index contributed by atoms with van der Waals surface area (Å²) >= 11 is 0. The highest BCUT2D eigenvalue weighted by molar-refractivity contribution is 5.92. The average Bonchev–Trinajstić information content (AvgIpc) is 2.44. The predicted molar refractivity (Wildman–Crippen MR) is 77.0 cm³/mol. The van der Waals surface area contributed by atoms with Crippen LogP contribution in [0.3, 0.4) is 0 Å². The van der Waals surface area contributed by atoms with Gasteiger partial charge in [-0.3, -0.25) is 0 Å². The minimum atomic E-state index is -0.230. The number of carbonyl (C=O) groups is 1. The van der Waals surface area contributed by atoms with Gasteiger partial charge in [0, 0.05) is 0 Å². The second kappa shape index (κ2) is 6.29. The highest BCUT2D eigenvalue weighted by atomic mass is 16.5. The lowest BCUT2D eigenvalue weighted by molar-refractivity contribution is 0.0202. The van der Waals surface area contributed by atoms with Crippen molar-refractivity contribution >= 4 is 5.97 Å². The molecule has 2 aliphatic rings. The lowest BCUT2D eigenvalue weighted by atomic mass is 9.96. The van der Waals surface area contributed by atoms with Gasteiger partial charge in [-0.1, -0.05) is 18.6 Å². The molecule has 0 aromatic heterocycles. The van der Waals surface area contributed by atoms with E-state index in [9.17, 15) is 4.79 Å². The van der Waals surface area contributed by atoms with Crippen LogP contribution in [0.15, 0.2) is 24.3 Å². The minimum absolute atomic E-state index is 0.0907. The number of para-hydroxylation sites is 1. The van der Waals surface area contributed by atoms with Crippen LogP contribution >= 0.6 is 0 Å². The van der Waals surface area contributed by atoms with Crippen molar-refractivity contribution < 1.29 is 14.3 Å². The first kappa shape index (κ1) is 13.5. The van der Waals surface area contributed by atoms with Gasteiger partial charge in [0.25, 0.3) is 0 Å². The first-order chi connectivity index (χ1) is 9.83. The normalized spacial score (nSPS) is 20.2. The number of hydrogen-bond donors (Lipinski definition) is 0. The molecule has 0 aliphatic heterocycles. The summed E-state index contributed by atoms with van der Waals surface area (Å²) in [5, 5.41) is 0. The van der Waals surface area contributed by atoms with Gasteiger partial charge < -0.3 is 9.47 Å². The largest absolute Gasteiger partial charge is 0.490 e. The predicted octanol–water partition coefficient (Wildman–Crippen LogP) is 4.11. The van der Waals surface area contributed by atoms with Crippen molar-refractivity contribution in [2.45, 2.75) is 63.6 Å². The quantitative estimate of drug-likeness (QED) is 0.775. The fourth-order valence-corrected chi connectivity index (χ4v) is 2.80. The number of ether oxygens (including phenoxy) is 2. The molecule has 20 heavy (non-hydrogen) atoms. The third-order valence-electron chi connectivity index (χ3n) is 4.28. The molecule has 2 aliphatic carbocycles. The molecule has 108 valence electrons. The van der Waals surface area contributed by atoms with Crippen molar-refractivity contribution in [3.05, 3.63) is 29.8 Å². The molecule has 0 bridgehead atoms. The Balaban J connectivity index is 1.66. The summed E-state index contributed by atoms with van der Waals surface area (Å²) in [5.74, 6) is 0.449. The lowest BCUT2D eigenvalue weighted by Crippen LogP contribution is -2.26. The van der Waals surface area contributed by atoms with Gasteiger partial charge in [-0.05, 0) is 57.1 Å². The topological polar surface area (TPSA) is 35.5 Å². The van der Waals surface area contributed by atoms with Gasteiger partial charge in [0.1, 0.15) is 17.4 Å². The highest BCUT2D eigenvalue weighted by Crippen LogP contribution is 2.29. The molecule has 0 spiro atoms. The fourth-order valence-electron chi connectivity index (χ4n) is 2.80. The van der Waals surface area contributed by atoms with E-state index >= 15 is 0 Å². The van der Waals surface area contributed by atoms with E-state index in [1.165, 1.54) is 12.8 Å². The van der Waals surface area contributed by atoms with E-state index in [2.05, 4.69) is 0 Å². The zero-order valence-corrected chi connectivity index (χ0v) is 11.8. The first-order valence-corrected chi connectivity index (χ1v) is 7.79. The van der Waals surface area contributed by atoms with Crippen molar-refractivity contribution in [3.8, 4) is 5.75 Å². The third-order valence-corrected chi connectivity index (χ3v) is 4.28. The SMILES string of the molecule is O=C(OC1CCCCC1)c1ccccc1OC1CCC1. The maximum absolute atomic E-state index is 12.3. The van der Waals surface area contributed by atoms with Gasteiger partial charge in [-0.25, -0.2) is 4.79 Å². The molecule has 3 heteroatoms. The number of rotatable bonds is 4. The van der Waals surface area contributed by atoms with Crippen LogP contribution < -0.4 is 4.74 Å². The minimum Gasteiger partial charge on any atom is -0.490 e. The van der Waals surface area contributed by atoms with Gasteiger partial charge in [-0.2, -0.15) is 0 Å². The maximum atomic E-state index is 12.3. The molecule has 0 atom stereocenters. The molecule has 0 saturated heterocycles. The Bertz CT molecular complexity index is 459. The summed E-state index contributed by atoms with van der Waals surface area (Å²) in [7, 11) is 0. The van der Waals surface area contributed by atoms with Crippen molar-refractivity contribution in [1.29, 1.82) is 0 Å². The molecule has 0 amide bonds. The average molecular weight is 274 g/mol. The third kappa shape index (κ3) is 3.14. The molecule has 2 saturated carbocycles. The number of esters is 1. The van der Waals surface area contributed by atoms with Crippen LogP contribution in [0, 0.1) is 0 Å². The Morgan fingerprint density at radius 1 is 0.900 bits per heavy atom. The standard InChI is InChI=1S/C17H22O3/c18-17(20-14-7-2-1-3-8-14)15-11-4-5-12-16(15)19-13-9-6-10-13/h4-5,11-14H,1-3,6-10H2. The Kier molecular flexibility index (Phi) is 4.24. The second-order valence-electron chi connectivity index (χ2n) is 5.83. The van der Waals surface area contributed by atoms with Crippen LogP contribution in [-0.2, 0) is 4.74 Å². The van der Waals surface area contributed by atoms with Crippen LogP contribution in [0.1, 0.15) is 61.7 Å². The van der Waals surface area contributed by atoms with Crippen molar-refractivity contribution in [2.24, 2.45) is 0 Å². The van der Waals surface area contributed by atoms with E-state index in [1.807, 2.05) is 18.2 Å². The molecule has 0 N–H and O–H groups in total. The molecular formula is C17H22O3. The summed E-state index contributed by atoms with van der Waals surface area (Å²) < 4.78 is 11.5. The summed E-state index contributed by atoms with van der Waals surface area (Å²) in [6, 6.07) is 7.45. The summed E-state index contributed by atoms with van der Waals surface area (Å²) in [5.41, 5.74) is 0.574. The van der Waals surface area contributed by atoms with Crippen LogP contribution in [0.25, 0.3) is 0 Å². The van der Waals surface area contributed by atoms with Crippen molar-refractivity contribution in [3.63, 3.8) is 0 Å². The van der Waals surface area contributed by atoms with E-state index in [-0.39, 0.29) is 18.2 Å². The molecule has 1 aromatic carbocycles. The summed E-state index contributed by atoms with van der Waals surface area (Å²) in [4.78, 5) is 12.3. The summed E-state index contributed by atoms with van der Waals surface area (Å²) in [6.45, 7) is 0.